The predicted octanol–water partition coefficient (Wildman–Crippen LogP) is 4.33. The molecule has 0 aliphatic carbocycles. The van der Waals surface area contributed by atoms with Crippen molar-refractivity contribution < 1.29 is 32.9 Å². The molecule has 184 valence electrons. The third-order valence-electron chi connectivity index (χ3n) is 5.56. The van der Waals surface area contributed by atoms with E-state index in [1.165, 1.54) is 0 Å². The van der Waals surface area contributed by atoms with E-state index in [-0.39, 0.29) is 30.5 Å². The lowest BCUT2D eigenvalue weighted by molar-refractivity contribution is -0.123. The Bertz CT molecular complexity index is 1480. The molecule has 0 saturated heterocycles. The lowest BCUT2D eigenvalue weighted by atomic mass is 10.2. The van der Waals surface area contributed by atoms with Crippen LogP contribution in [0.2, 0.25) is 0 Å². The molecule has 9 heteroatoms. The van der Waals surface area contributed by atoms with E-state index in [1.807, 2.05) is 12.1 Å². The van der Waals surface area contributed by atoms with Crippen LogP contribution in [-0.4, -0.2) is 26.4 Å². The highest BCUT2D eigenvalue weighted by Crippen LogP contribution is 2.32. The maximum absolute atomic E-state index is 13.0. The van der Waals surface area contributed by atoms with E-state index in [0.717, 1.165) is 5.56 Å². The molecule has 1 amide bonds. The Kier molecular flexibility index (Phi) is 6.36. The van der Waals surface area contributed by atoms with E-state index in [1.54, 1.807) is 62.6 Å². The predicted molar refractivity (Wildman–Crippen MR) is 130 cm³/mol. The number of nitrogens with one attached hydrogen (secondary N) is 1. The second-order valence-electron chi connectivity index (χ2n) is 8.01. The van der Waals surface area contributed by atoms with Crippen LogP contribution in [0.1, 0.15) is 11.3 Å². The van der Waals surface area contributed by atoms with Crippen LogP contribution in [-0.2, 0) is 11.3 Å². The van der Waals surface area contributed by atoms with E-state index in [0.29, 0.717) is 52.0 Å². The second kappa shape index (κ2) is 9.91. The fraction of sp³-hybridized carbons (Fsp3) is 0.185. The fourth-order valence-electron chi connectivity index (χ4n) is 3.69. The van der Waals surface area contributed by atoms with Gasteiger partial charge in [0.1, 0.15) is 28.6 Å². The molecule has 1 aliphatic rings. The Morgan fingerprint density at radius 1 is 0.944 bits per heavy atom. The summed E-state index contributed by atoms with van der Waals surface area (Å²) in [7, 11) is 1.57. The molecule has 1 aliphatic heterocycles. The summed E-state index contributed by atoms with van der Waals surface area (Å²) in [4.78, 5) is 25.3. The average molecular weight is 489 g/mol. The Labute approximate surface area is 206 Å². The number of hydrogen-bond acceptors (Lipinski definition) is 8. The Morgan fingerprint density at radius 3 is 2.50 bits per heavy atom. The molecule has 1 aromatic heterocycles. The van der Waals surface area contributed by atoms with Crippen molar-refractivity contribution in [3.05, 3.63) is 82.2 Å². The number of ether oxygens (including phenoxy) is 5. The van der Waals surface area contributed by atoms with E-state index in [2.05, 4.69) is 5.32 Å². The number of hydrogen-bond donors (Lipinski definition) is 1. The molecule has 3 aromatic carbocycles. The highest BCUT2D eigenvalue weighted by Gasteiger charge is 2.16. The minimum atomic E-state index is -0.308. The normalized spacial score (nSPS) is 11.8. The van der Waals surface area contributed by atoms with Crippen LogP contribution in [0.3, 0.4) is 0 Å². The standard InChI is InChI=1S/C27H23NO8/c1-16-27(36-19-6-4-18(31-2)5-7-19)26(30)21-9-8-20(12-23(21)35-16)32-14-25(29)28-13-17-3-10-22-24(11-17)34-15-33-22/h3-12H,13-15H2,1-2H3,(H,28,29). The molecule has 0 bridgehead atoms. The van der Waals surface area contributed by atoms with Crippen LogP contribution in [0.4, 0.5) is 0 Å². The molecule has 5 rings (SSSR count). The molecular formula is C27H23NO8. The zero-order valence-electron chi connectivity index (χ0n) is 19.7. The van der Waals surface area contributed by atoms with Crippen molar-refractivity contribution in [1.82, 2.24) is 5.32 Å². The van der Waals surface area contributed by atoms with Crippen LogP contribution in [0.25, 0.3) is 11.0 Å². The van der Waals surface area contributed by atoms with Crippen molar-refractivity contribution in [2.45, 2.75) is 13.5 Å². The number of rotatable bonds is 8. The maximum Gasteiger partial charge on any atom is 0.258 e. The van der Waals surface area contributed by atoms with Gasteiger partial charge in [-0.1, -0.05) is 6.07 Å². The van der Waals surface area contributed by atoms with Crippen molar-refractivity contribution >= 4 is 16.9 Å². The lowest BCUT2D eigenvalue weighted by Crippen LogP contribution is -2.28. The van der Waals surface area contributed by atoms with Gasteiger partial charge in [0.2, 0.25) is 18.0 Å². The van der Waals surface area contributed by atoms with Crippen molar-refractivity contribution in [1.29, 1.82) is 0 Å². The summed E-state index contributed by atoms with van der Waals surface area (Å²) in [6.45, 7) is 1.97. The molecule has 1 N–H and O–H groups in total. The molecule has 4 aromatic rings. The molecule has 0 unspecified atom stereocenters. The summed E-state index contributed by atoms with van der Waals surface area (Å²) in [6, 6.07) is 17.1. The second-order valence-corrected chi connectivity index (χ2v) is 8.01. The van der Waals surface area contributed by atoms with Crippen LogP contribution < -0.4 is 34.4 Å². The lowest BCUT2D eigenvalue weighted by Gasteiger charge is -2.11. The number of amides is 1. The number of aryl methyl sites for hydroxylation is 1. The first-order valence-corrected chi connectivity index (χ1v) is 11.2. The molecule has 0 radical (unpaired) electrons. The maximum atomic E-state index is 13.0. The van der Waals surface area contributed by atoms with Crippen molar-refractivity contribution in [3.63, 3.8) is 0 Å². The number of benzene rings is 3. The average Bonchev–Trinajstić information content (AvgIpc) is 3.37. The summed E-state index contributed by atoms with van der Waals surface area (Å²) in [5, 5.41) is 3.13. The van der Waals surface area contributed by atoms with Crippen molar-refractivity contribution in [3.8, 4) is 34.5 Å². The molecule has 0 atom stereocenters. The first-order valence-electron chi connectivity index (χ1n) is 11.2. The van der Waals surface area contributed by atoms with E-state index in [4.69, 9.17) is 28.1 Å². The van der Waals surface area contributed by atoms with Gasteiger partial charge in [-0.05, 0) is 61.0 Å². The van der Waals surface area contributed by atoms with Crippen molar-refractivity contribution in [2.24, 2.45) is 0 Å². The van der Waals surface area contributed by atoms with Crippen molar-refractivity contribution in [2.75, 3.05) is 20.5 Å². The van der Waals surface area contributed by atoms with Crippen LogP contribution in [0.5, 0.6) is 34.5 Å². The van der Waals surface area contributed by atoms with Crippen LogP contribution in [0, 0.1) is 6.92 Å². The van der Waals surface area contributed by atoms with Crippen LogP contribution in [0.15, 0.2) is 69.9 Å². The summed E-state index contributed by atoms with van der Waals surface area (Å²) in [5.41, 5.74) is 0.902. The summed E-state index contributed by atoms with van der Waals surface area (Å²) in [5.74, 6) is 3.03. The molecule has 9 nitrogen and oxygen atoms in total. The zero-order valence-corrected chi connectivity index (χ0v) is 19.7. The number of carbonyl (C=O) groups is 1. The van der Waals surface area contributed by atoms with Gasteiger partial charge in [-0.15, -0.1) is 0 Å². The first kappa shape index (κ1) is 23.1. The first-order chi connectivity index (χ1) is 17.5. The Balaban J connectivity index is 1.23. The molecule has 2 heterocycles. The van der Waals surface area contributed by atoms with Gasteiger partial charge in [0.25, 0.3) is 5.91 Å². The number of methoxy groups -OCH3 is 1. The summed E-state index contributed by atoms with van der Waals surface area (Å²) < 4.78 is 33.0. The van der Waals surface area contributed by atoms with Gasteiger partial charge in [-0.25, -0.2) is 0 Å². The number of carbonyl (C=O) groups excluding carboxylic acids is 1. The third kappa shape index (κ3) is 4.90. The van der Waals surface area contributed by atoms with Gasteiger partial charge >= 0.3 is 0 Å². The summed E-state index contributed by atoms with van der Waals surface area (Å²) >= 11 is 0. The molecule has 0 spiro atoms. The monoisotopic (exact) mass is 489 g/mol. The smallest absolute Gasteiger partial charge is 0.258 e. The van der Waals surface area contributed by atoms with Gasteiger partial charge in [0, 0.05) is 12.6 Å². The summed E-state index contributed by atoms with van der Waals surface area (Å²) in [6.07, 6.45) is 0. The van der Waals surface area contributed by atoms with Gasteiger partial charge in [0.05, 0.1) is 12.5 Å². The third-order valence-corrected chi connectivity index (χ3v) is 5.56. The quantitative estimate of drug-likeness (QED) is 0.390. The van der Waals surface area contributed by atoms with Crippen LogP contribution >= 0.6 is 0 Å². The minimum Gasteiger partial charge on any atom is -0.497 e. The van der Waals surface area contributed by atoms with E-state index in [9.17, 15) is 9.59 Å². The number of fused-ring (bicyclic) bond motifs is 2. The van der Waals surface area contributed by atoms with Gasteiger partial charge in [0.15, 0.2) is 18.1 Å². The Hall–Kier alpha value is -4.66. The molecule has 0 saturated carbocycles. The molecule has 0 fully saturated rings. The minimum absolute atomic E-state index is 0.101. The van der Waals surface area contributed by atoms with Gasteiger partial charge < -0.3 is 33.4 Å². The SMILES string of the molecule is COc1ccc(Oc2c(C)oc3cc(OCC(=O)NCc4ccc5c(c4)OCO5)ccc3c2=O)cc1. The highest BCUT2D eigenvalue weighted by atomic mass is 16.7. The van der Waals surface area contributed by atoms with Gasteiger partial charge in [-0.3, -0.25) is 9.59 Å². The van der Waals surface area contributed by atoms with E-state index < -0.39 is 0 Å². The Morgan fingerprint density at radius 2 is 1.69 bits per heavy atom. The van der Waals surface area contributed by atoms with Gasteiger partial charge in [-0.2, -0.15) is 0 Å². The molecular weight excluding hydrogens is 466 g/mol. The van der Waals surface area contributed by atoms with E-state index >= 15 is 0 Å². The molecule has 36 heavy (non-hydrogen) atoms. The zero-order chi connectivity index (χ0) is 25.1. The largest absolute Gasteiger partial charge is 0.497 e. The topological polar surface area (TPSA) is 105 Å². The fourth-order valence-corrected chi connectivity index (χ4v) is 3.69. The highest BCUT2D eigenvalue weighted by molar-refractivity contribution is 5.80.